The maximum Gasteiger partial charge on any atom is 0.237 e. The topological polar surface area (TPSA) is 32.8 Å². The van der Waals surface area contributed by atoms with Crippen molar-refractivity contribution in [3.63, 3.8) is 0 Å². The molecule has 0 aliphatic heterocycles. The zero-order valence-electron chi connectivity index (χ0n) is 16.9. The molecule has 148 valence electrons. The largest absolute Gasteiger partial charge is 0.497 e. The van der Waals surface area contributed by atoms with Gasteiger partial charge < -0.3 is 9.64 Å². The van der Waals surface area contributed by atoms with Crippen molar-refractivity contribution in [2.24, 2.45) is 0 Å². The maximum absolute atomic E-state index is 13.1. The van der Waals surface area contributed by atoms with Crippen molar-refractivity contribution in [3.8, 4) is 5.75 Å². The molecule has 2 aromatic rings. The van der Waals surface area contributed by atoms with Gasteiger partial charge in [-0.1, -0.05) is 36.4 Å². The van der Waals surface area contributed by atoms with Crippen LogP contribution >= 0.6 is 0 Å². The number of hydrogen-bond donors (Lipinski definition) is 0. The minimum atomic E-state index is 0.208. The van der Waals surface area contributed by atoms with E-state index in [0.29, 0.717) is 12.6 Å². The molecule has 4 nitrogen and oxygen atoms in total. The van der Waals surface area contributed by atoms with E-state index < -0.39 is 0 Å². The molecule has 0 N–H and O–H groups in total. The molecule has 2 aliphatic carbocycles. The Balaban J connectivity index is 1.43. The molecular weight excluding hydrogens is 348 g/mol. The number of nitrogens with zero attached hydrogens (tertiary/aromatic N) is 2. The van der Waals surface area contributed by atoms with Gasteiger partial charge in [-0.05, 0) is 60.9 Å². The van der Waals surface area contributed by atoms with E-state index in [1.54, 1.807) is 7.11 Å². The highest BCUT2D eigenvalue weighted by molar-refractivity contribution is 5.78. The van der Waals surface area contributed by atoms with Crippen molar-refractivity contribution in [1.82, 2.24) is 9.80 Å². The lowest BCUT2D eigenvalue weighted by Crippen LogP contribution is -2.41. The molecular formula is C24H30N2O2. The van der Waals surface area contributed by atoms with Crippen LogP contribution in [0.4, 0.5) is 0 Å². The van der Waals surface area contributed by atoms with E-state index in [1.165, 1.54) is 29.5 Å². The fraction of sp³-hybridized carbons (Fsp3) is 0.458. The first-order valence-corrected chi connectivity index (χ1v) is 10.4. The van der Waals surface area contributed by atoms with Gasteiger partial charge in [0.25, 0.3) is 0 Å². The number of fused-ring (bicyclic) bond motifs is 1. The van der Waals surface area contributed by atoms with Crippen LogP contribution in [-0.2, 0) is 17.8 Å². The van der Waals surface area contributed by atoms with Crippen LogP contribution in [0.2, 0.25) is 0 Å². The van der Waals surface area contributed by atoms with Gasteiger partial charge in [-0.25, -0.2) is 0 Å². The van der Waals surface area contributed by atoms with E-state index in [-0.39, 0.29) is 11.9 Å². The summed E-state index contributed by atoms with van der Waals surface area (Å²) in [4.78, 5) is 17.5. The van der Waals surface area contributed by atoms with Crippen molar-refractivity contribution < 1.29 is 9.53 Å². The van der Waals surface area contributed by atoms with Gasteiger partial charge in [0.15, 0.2) is 0 Å². The number of hydrogen-bond acceptors (Lipinski definition) is 3. The molecule has 1 unspecified atom stereocenters. The van der Waals surface area contributed by atoms with Gasteiger partial charge >= 0.3 is 0 Å². The van der Waals surface area contributed by atoms with Gasteiger partial charge in [0, 0.05) is 19.6 Å². The molecule has 0 saturated heterocycles. The number of rotatable bonds is 7. The molecule has 1 fully saturated rings. The lowest BCUT2D eigenvalue weighted by atomic mass is 9.87. The van der Waals surface area contributed by atoms with Crippen LogP contribution in [0.25, 0.3) is 0 Å². The molecule has 0 spiro atoms. The molecule has 2 aliphatic rings. The van der Waals surface area contributed by atoms with Crippen molar-refractivity contribution in [2.45, 2.75) is 50.7 Å². The van der Waals surface area contributed by atoms with Crippen LogP contribution in [0.15, 0.2) is 48.5 Å². The van der Waals surface area contributed by atoms with Crippen LogP contribution in [0, 0.1) is 0 Å². The van der Waals surface area contributed by atoms with Crippen molar-refractivity contribution in [2.75, 3.05) is 20.7 Å². The molecule has 4 heteroatoms. The number of aryl methyl sites for hydroxylation is 1. The van der Waals surface area contributed by atoms with Gasteiger partial charge in [0.2, 0.25) is 5.91 Å². The average molecular weight is 379 g/mol. The Bertz CT molecular complexity index is 814. The molecule has 2 aromatic carbocycles. The predicted molar refractivity (Wildman–Crippen MR) is 111 cm³/mol. The highest BCUT2D eigenvalue weighted by Crippen LogP contribution is 2.34. The van der Waals surface area contributed by atoms with Crippen LogP contribution in [0.3, 0.4) is 0 Å². The summed E-state index contributed by atoms with van der Waals surface area (Å²) >= 11 is 0. The highest BCUT2D eigenvalue weighted by atomic mass is 16.5. The van der Waals surface area contributed by atoms with Crippen LogP contribution in [0.1, 0.15) is 48.4 Å². The first-order valence-electron chi connectivity index (χ1n) is 10.4. The van der Waals surface area contributed by atoms with Crippen molar-refractivity contribution in [3.05, 3.63) is 65.2 Å². The van der Waals surface area contributed by atoms with Crippen LogP contribution in [0.5, 0.6) is 5.75 Å². The van der Waals surface area contributed by atoms with E-state index in [1.807, 2.05) is 24.1 Å². The number of benzene rings is 2. The SMILES string of the molecule is COc1ccc(CN(CC(=O)N(C)C2CCCc3ccccc32)C2CC2)cc1. The molecule has 1 atom stereocenters. The lowest BCUT2D eigenvalue weighted by molar-refractivity contribution is -0.134. The molecule has 0 heterocycles. The van der Waals surface area contributed by atoms with Crippen LogP contribution in [-0.4, -0.2) is 42.5 Å². The Hall–Kier alpha value is -2.33. The Kier molecular flexibility index (Phi) is 5.67. The summed E-state index contributed by atoms with van der Waals surface area (Å²) in [6.07, 6.45) is 5.72. The number of methoxy groups -OCH3 is 1. The first kappa shape index (κ1) is 19.0. The fourth-order valence-electron chi connectivity index (χ4n) is 4.31. The highest BCUT2D eigenvalue weighted by Gasteiger charge is 2.33. The third-order valence-corrected chi connectivity index (χ3v) is 6.15. The van der Waals surface area contributed by atoms with Crippen molar-refractivity contribution >= 4 is 5.91 Å². The number of carbonyl (C=O) groups is 1. The van der Waals surface area contributed by atoms with E-state index in [2.05, 4.69) is 41.3 Å². The fourth-order valence-corrected chi connectivity index (χ4v) is 4.31. The summed E-state index contributed by atoms with van der Waals surface area (Å²) in [6.45, 7) is 1.31. The summed E-state index contributed by atoms with van der Waals surface area (Å²) in [5.74, 6) is 1.09. The zero-order chi connectivity index (χ0) is 19.5. The van der Waals surface area contributed by atoms with Gasteiger partial charge in [-0.2, -0.15) is 0 Å². The van der Waals surface area contributed by atoms with E-state index >= 15 is 0 Å². The Labute approximate surface area is 168 Å². The molecule has 1 saturated carbocycles. The Morgan fingerprint density at radius 3 is 2.54 bits per heavy atom. The number of carbonyl (C=O) groups excluding carboxylic acids is 1. The number of likely N-dealkylation sites (N-methyl/N-ethyl adjacent to an activating group) is 1. The van der Waals surface area contributed by atoms with Crippen LogP contribution < -0.4 is 4.74 Å². The third kappa shape index (κ3) is 4.22. The number of ether oxygens (including phenoxy) is 1. The lowest BCUT2D eigenvalue weighted by Gasteiger charge is -2.34. The zero-order valence-corrected chi connectivity index (χ0v) is 16.9. The Morgan fingerprint density at radius 1 is 1.07 bits per heavy atom. The summed E-state index contributed by atoms with van der Waals surface area (Å²) in [5, 5.41) is 0. The van der Waals surface area contributed by atoms with E-state index in [4.69, 9.17) is 4.74 Å². The second kappa shape index (κ2) is 8.36. The summed E-state index contributed by atoms with van der Waals surface area (Å²) in [6, 6.07) is 17.5. The quantitative estimate of drug-likeness (QED) is 0.724. The molecule has 0 bridgehead atoms. The second-order valence-electron chi connectivity index (χ2n) is 8.10. The third-order valence-electron chi connectivity index (χ3n) is 6.15. The monoisotopic (exact) mass is 378 g/mol. The normalized spacial score (nSPS) is 18.6. The second-order valence-corrected chi connectivity index (χ2v) is 8.10. The van der Waals surface area contributed by atoms with Gasteiger partial charge in [-0.15, -0.1) is 0 Å². The van der Waals surface area contributed by atoms with E-state index in [9.17, 15) is 4.79 Å². The summed E-state index contributed by atoms with van der Waals surface area (Å²) in [7, 11) is 3.66. The minimum absolute atomic E-state index is 0.208. The predicted octanol–water partition coefficient (Wildman–Crippen LogP) is 4.20. The summed E-state index contributed by atoms with van der Waals surface area (Å²) in [5.41, 5.74) is 3.96. The smallest absolute Gasteiger partial charge is 0.237 e. The summed E-state index contributed by atoms with van der Waals surface area (Å²) < 4.78 is 5.25. The molecule has 0 aromatic heterocycles. The molecule has 28 heavy (non-hydrogen) atoms. The number of amides is 1. The maximum atomic E-state index is 13.1. The average Bonchev–Trinajstić information content (AvgIpc) is 3.58. The first-order chi connectivity index (χ1) is 13.7. The van der Waals surface area contributed by atoms with Gasteiger partial charge in [0.05, 0.1) is 19.7 Å². The molecule has 0 radical (unpaired) electrons. The Morgan fingerprint density at radius 2 is 1.82 bits per heavy atom. The van der Waals surface area contributed by atoms with Crippen molar-refractivity contribution in [1.29, 1.82) is 0 Å². The minimum Gasteiger partial charge on any atom is -0.497 e. The standard InChI is InChI=1S/C24H30N2O2/c1-25(23-9-5-7-19-6-3-4-8-22(19)23)24(27)17-26(20-12-13-20)16-18-10-14-21(28-2)15-11-18/h3-4,6,8,10-11,14-15,20,23H,5,7,9,12-13,16-17H2,1-2H3. The molecule has 1 amide bonds. The van der Waals surface area contributed by atoms with Gasteiger partial charge in [-0.3, -0.25) is 9.69 Å². The van der Waals surface area contributed by atoms with Gasteiger partial charge in [0.1, 0.15) is 5.75 Å². The van der Waals surface area contributed by atoms with E-state index in [0.717, 1.165) is 31.6 Å². The molecule has 4 rings (SSSR count).